The first-order valence-corrected chi connectivity index (χ1v) is 8.10. The Morgan fingerprint density at radius 2 is 1.91 bits per heavy atom. The SMILES string of the molecule is Cn1cc(-c2cc3cnc(N4CC5CCC(C4)N5)nn3c2)cn1. The van der Waals surface area contributed by atoms with Gasteiger partial charge in [0.25, 0.3) is 0 Å². The lowest BCUT2D eigenvalue weighted by Crippen LogP contribution is -2.51. The van der Waals surface area contributed by atoms with E-state index in [4.69, 9.17) is 5.10 Å². The number of anilines is 1. The number of nitrogens with one attached hydrogen (secondary N) is 1. The van der Waals surface area contributed by atoms with Gasteiger partial charge in [0, 0.05) is 55.7 Å². The summed E-state index contributed by atoms with van der Waals surface area (Å²) in [5.74, 6) is 0.823. The minimum absolute atomic E-state index is 0.587. The zero-order chi connectivity index (χ0) is 15.4. The fourth-order valence-corrected chi connectivity index (χ4v) is 3.73. The van der Waals surface area contributed by atoms with Crippen LogP contribution in [-0.4, -0.2) is 49.6 Å². The highest BCUT2D eigenvalue weighted by Gasteiger charge is 2.33. The summed E-state index contributed by atoms with van der Waals surface area (Å²) in [5, 5.41) is 12.6. The molecule has 2 saturated heterocycles. The Hall–Kier alpha value is -2.41. The molecule has 23 heavy (non-hydrogen) atoms. The predicted molar refractivity (Wildman–Crippen MR) is 87.3 cm³/mol. The fraction of sp³-hybridized carbons (Fsp3) is 0.438. The van der Waals surface area contributed by atoms with E-state index in [1.54, 1.807) is 0 Å². The van der Waals surface area contributed by atoms with E-state index in [2.05, 4.69) is 26.4 Å². The van der Waals surface area contributed by atoms with E-state index in [1.165, 1.54) is 12.8 Å². The molecule has 2 fully saturated rings. The van der Waals surface area contributed by atoms with Crippen molar-refractivity contribution in [2.45, 2.75) is 24.9 Å². The number of hydrogen-bond acceptors (Lipinski definition) is 5. The molecule has 0 radical (unpaired) electrons. The summed E-state index contributed by atoms with van der Waals surface area (Å²) in [5.41, 5.74) is 3.22. The van der Waals surface area contributed by atoms with Crippen LogP contribution in [0.25, 0.3) is 16.6 Å². The number of fused-ring (bicyclic) bond motifs is 3. The monoisotopic (exact) mass is 309 g/mol. The molecule has 0 aromatic carbocycles. The summed E-state index contributed by atoms with van der Waals surface area (Å²) in [6, 6.07) is 3.27. The molecular formula is C16H19N7. The van der Waals surface area contributed by atoms with E-state index < -0.39 is 0 Å². The van der Waals surface area contributed by atoms with Crippen molar-refractivity contribution in [3.63, 3.8) is 0 Å². The maximum Gasteiger partial charge on any atom is 0.243 e. The van der Waals surface area contributed by atoms with Crippen molar-refractivity contribution >= 4 is 11.5 Å². The van der Waals surface area contributed by atoms with Gasteiger partial charge >= 0.3 is 0 Å². The Morgan fingerprint density at radius 1 is 1.09 bits per heavy atom. The van der Waals surface area contributed by atoms with Gasteiger partial charge in [-0.15, -0.1) is 5.10 Å². The smallest absolute Gasteiger partial charge is 0.243 e. The summed E-state index contributed by atoms with van der Waals surface area (Å²) in [6.45, 7) is 2.00. The molecule has 5 heterocycles. The third-order valence-corrected chi connectivity index (χ3v) is 4.88. The highest BCUT2D eigenvalue weighted by Crippen LogP contribution is 2.25. The Bertz CT molecular complexity index is 852. The van der Waals surface area contributed by atoms with Crippen molar-refractivity contribution in [2.24, 2.45) is 7.05 Å². The third kappa shape index (κ3) is 2.19. The van der Waals surface area contributed by atoms with Crippen molar-refractivity contribution in [2.75, 3.05) is 18.0 Å². The van der Waals surface area contributed by atoms with Crippen LogP contribution in [0.5, 0.6) is 0 Å². The Kier molecular flexibility index (Phi) is 2.72. The minimum Gasteiger partial charge on any atom is -0.336 e. The van der Waals surface area contributed by atoms with Crippen LogP contribution in [0.3, 0.4) is 0 Å². The normalized spacial score (nSPS) is 23.8. The average molecular weight is 309 g/mol. The number of rotatable bonds is 2. The van der Waals surface area contributed by atoms with E-state index >= 15 is 0 Å². The molecule has 2 atom stereocenters. The van der Waals surface area contributed by atoms with Gasteiger partial charge in [-0.3, -0.25) is 4.68 Å². The van der Waals surface area contributed by atoms with Gasteiger partial charge in [-0.2, -0.15) is 5.10 Å². The molecule has 3 aromatic rings. The lowest BCUT2D eigenvalue weighted by atomic mass is 10.2. The molecule has 0 spiro atoms. The largest absolute Gasteiger partial charge is 0.336 e. The van der Waals surface area contributed by atoms with Gasteiger partial charge in [0.1, 0.15) is 0 Å². The maximum absolute atomic E-state index is 4.73. The van der Waals surface area contributed by atoms with Crippen LogP contribution in [0, 0.1) is 0 Å². The number of piperazine rings is 1. The second-order valence-corrected chi connectivity index (χ2v) is 6.60. The first kappa shape index (κ1) is 13.1. The molecule has 7 heteroatoms. The Labute approximate surface area is 133 Å². The second-order valence-electron chi connectivity index (χ2n) is 6.60. The summed E-state index contributed by atoms with van der Waals surface area (Å²) in [7, 11) is 1.93. The van der Waals surface area contributed by atoms with E-state index in [1.807, 2.05) is 41.0 Å². The van der Waals surface area contributed by atoms with E-state index in [0.29, 0.717) is 12.1 Å². The van der Waals surface area contributed by atoms with Crippen molar-refractivity contribution in [3.8, 4) is 11.1 Å². The van der Waals surface area contributed by atoms with Gasteiger partial charge in [-0.1, -0.05) is 0 Å². The second kappa shape index (κ2) is 4.79. The molecule has 2 aliphatic rings. The maximum atomic E-state index is 4.73. The van der Waals surface area contributed by atoms with Crippen LogP contribution in [0.1, 0.15) is 12.8 Å². The molecule has 0 aliphatic carbocycles. The zero-order valence-corrected chi connectivity index (χ0v) is 13.1. The van der Waals surface area contributed by atoms with Crippen LogP contribution in [0.4, 0.5) is 5.95 Å². The van der Waals surface area contributed by atoms with E-state index in [9.17, 15) is 0 Å². The molecule has 3 aromatic heterocycles. The average Bonchev–Trinajstić information content (AvgIpc) is 3.25. The number of aromatic nitrogens is 5. The van der Waals surface area contributed by atoms with Crippen LogP contribution >= 0.6 is 0 Å². The molecule has 2 unspecified atom stereocenters. The molecule has 1 N–H and O–H groups in total. The first-order valence-electron chi connectivity index (χ1n) is 8.10. The third-order valence-electron chi connectivity index (χ3n) is 4.88. The standard InChI is InChI=1S/C16H19N7/c1-21-7-12(5-18-21)11-4-15-6-17-16(20-23(15)8-11)22-9-13-2-3-14(10-22)19-13/h4-8,13-14,19H,2-3,9-10H2,1H3. The summed E-state index contributed by atoms with van der Waals surface area (Å²) >= 11 is 0. The highest BCUT2D eigenvalue weighted by atomic mass is 15.4. The summed E-state index contributed by atoms with van der Waals surface area (Å²) in [4.78, 5) is 6.89. The van der Waals surface area contributed by atoms with Crippen molar-refractivity contribution in [1.29, 1.82) is 0 Å². The topological polar surface area (TPSA) is 63.3 Å². The Morgan fingerprint density at radius 3 is 2.65 bits per heavy atom. The highest BCUT2D eigenvalue weighted by molar-refractivity contribution is 5.68. The zero-order valence-electron chi connectivity index (χ0n) is 13.1. The minimum atomic E-state index is 0.587. The van der Waals surface area contributed by atoms with Gasteiger partial charge in [0.05, 0.1) is 17.9 Å². The molecule has 2 aliphatic heterocycles. The van der Waals surface area contributed by atoms with Gasteiger partial charge < -0.3 is 10.2 Å². The molecule has 118 valence electrons. The van der Waals surface area contributed by atoms with Crippen LogP contribution in [-0.2, 0) is 7.05 Å². The van der Waals surface area contributed by atoms with Crippen LogP contribution in [0.2, 0.25) is 0 Å². The molecule has 0 amide bonds. The van der Waals surface area contributed by atoms with Gasteiger partial charge in [0.2, 0.25) is 5.95 Å². The quantitative estimate of drug-likeness (QED) is 0.767. The van der Waals surface area contributed by atoms with Crippen molar-refractivity contribution in [3.05, 3.63) is 30.9 Å². The predicted octanol–water partition coefficient (Wildman–Crippen LogP) is 1.07. The molecule has 2 bridgehead atoms. The van der Waals surface area contributed by atoms with Gasteiger partial charge in [0.15, 0.2) is 0 Å². The van der Waals surface area contributed by atoms with Crippen LogP contribution < -0.4 is 10.2 Å². The van der Waals surface area contributed by atoms with Gasteiger partial charge in [-0.25, -0.2) is 9.50 Å². The van der Waals surface area contributed by atoms with Crippen LogP contribution in [0.15, 0.2) is 30.9 Å². The van der Waals surface area contributed by atoms with E-state index in [-0.39, 0.29) is 0 Å². The van der Waals surface area contributed by atoms with Crippen molar-refractivity contribution < 1.29 is 0 Å². The summed E-state index contributed by atoms with van der Waals surface area (Å²) in [6.07, 6.45) is 10.4. The lowest BCUT2D eigenvalue weighted by molar-refractivity contribution is 0.459. The number of nitrogens with zero attached hydrogens (tertiary/aromatic N) is 6. The molecule has 5 rings (SSSR count). The lowest BCUT2D eigenvalue weighted by Gasteiger charge is -2.32. The van der Waals surface area contributed by atoms with Gasteiger partial charge in [-0.05, 0) is 18.9 Å². The number of aryl methyl sites for hydroxylation is 1. The fourth-order valence-electron chi connectivity index (χ4n) is 3.73. The molecular weight excluding hydrogens is 290 g/mol. The molecule has 0 saturated carbocycles. The molecule has 7 nitrogen and oxygen atoms in total. The first-order chi connectivity index (χ1) is 11.2. The number of hydrogen-bond donors (Lipinski definition) is 1. The van der Waals surface area contributed by atoms with E-state index in [0.717, 1.165) is 35.7 Å². The Balaban J connectivity index is 1.49. The summed E-state index contributed by atoms with van der Waals surface area (Å²) < 4.78 is 3.74. The van der Waals surface area contributed by atoms with Crippen molar-refractivity contribution in [1.82, 2.24) is 29.7 Å².